The van der Waals surface area contributed by atoms with Crippen LogP contribution in [0.2, 0.25) is 0 Å². The van der Waals surface area contributed by atoms with Crippen molar-refractivity contribution in [3.05, 3.63) is 34.3 Å². The number of carboxylic acids is 1. The number of ether oxygens (including phenoxy) is 1. The molecule has 0 saturated carbocycles. The summed E-state index contributed by atoms with van der Waals surface area (Å²) in [5.41, 5.74) is 9.03. The van der Waals surface area contributed by atoms with Gasteiger partial charge in [-0.15, -0.1) is 22.7 Å². The minimum atomic E-state index is -0.922. The van der Waals surface area contributed by atoms with Crippen molar-refractivity contribution >= 4 is 50.6 Å². The molecule has 1 aliphatic rings. The molecule has 0 amide bonds. The van der Waals surface area contributed by atoms with Crippen LogP contribution in [0.1, 0.15) is 15.2 Å². The molecule has 0 aliphatic carbocycles. The van der Waals surface area contributed by atoms with E-state index in [1.54, 1.807) is 29.8 Å². The van der Waals surface area contributed by atoms with Crippen molar-refractivity contribution in [2.45, 2.75) is 6.92 Å². The lowest BCUT2D eigenvalue weighted by Crippen LogP contribution is -2.36. The predicted octanol–water partition coefficient (Wildman–Crippen LogP) is 3.30. The maximum atomic E-state index is 11.3. The molecule has 0 bridgehead atoms. The lowest BCUT2D eigenvalue weighted by Gasteiger charge is -2.28. The number of thiophene rings is 2. The van der Waals surface area contributed by atoms with Crippen LogP contribution in [0.4, 0.5) is 11.8 Å². The number of anilines is 2. The van der Waals surface area contributed by atoms with Crippen molar-refractivity contribution in [3.63, 3.8) is 0 Å². The molecule has 4 aromatic rings. The standard InChI is InChI=1S/C20H18N6O3S2/c1-10-14-16(31-15(10)11-6-13(19(27)28)30-9-11)18(26-2-4-29-5-3-26)25-17(24-14)12-7-22-20(21)23-8-12/h6-9H,2-5H2,1H3,(H,27,28)(H2,21,22,23). The summed E-state index contributed by atoms with van der Waals surface area (Å²) < 4.78 is 6.48. The van der Waals surface area contributed by atoms with Crippen molar-refractivity contribution in [2.75, 3.05) is 36.9 Å². The van der Waals surface area contributed by atoms with Crippen LogP contribution in [-0.4, -0.2) is 57.3 Å². The molecule has 0 aromatic carbocycles. The monoisotopic (exact) mass is 454 g/mol. The van der Waals surface area contributed by atoms with Gasteiger partial charge in [0.05, 0.1) is 29.0 Å². The number of aryl methyl sites for hydroxylation is 1. The Hall–Kier alpha value is -3.15. The number of carboxylic acid groups (broad SMARTS) is 1. The third-order valence-corrected chi connectivity index (χ3v) is 7.30. The molecule has 1 saturated heterocycles. The number of nitrogens with two attached hydrogens (primary N) is 1. The Morgan fingerprint density at radius 2 is 1.94 bits per heavy atom. The second kappa shape index (κ2) is 7.84. The van der Waals surface area contributed by atoms with Crippen LogP contribution < -0.4 is 10.6 Å². The van der Waals surface area contributed by atoms with E-state index in [1.807, 2.05) is 12.3 Å². The maximum Gasteiger partial charge on any atom is 0.345 e. The fraction of sp³-hybridized carbons (Fsp3) is 0.250. The average Bonchev–Trinajstić information content (AvgIpc) is 3.40. The van der Waals surface area contributed by atoms with Crippen LogP contribution in [0.3, 0.4) is 0 Å². The SMILES string of the molecule is Cc1c(-c2csc(C(=O)O)c2)sc2c(N3CCOCC3)nc(-c3cnc(N)nc3)nc12. The number of morpholine rings is 1. The fourth-order valence-electron chi connectivity index (χ4n) is 3.49. The molecule has 0 spiro atoms. The number of carbonyl (C=O) groups is 1. The molecule has 0 unspecified atom stereocenters. The summed E-state index contributed by atoms with van der Waals surface area (Å²) in [4.78, 5) is 32.7. The highest BCUT2D eigenvalue weighted by Gasteiger charge is 2.23. The van der Waals surface area contributed by atoms with Gasteiger partial charge in [0.1, 0.15) is 4.88 Å². The largest absolute Gasteiger partial charge is 0.477 e. The van der Waals surface area contributed by atoms with E-state index in [-0.39, 0.29) is 5.95 Å². The highest BCUT2D eigenvalue weighted by molar-refractivity contribution is 7.23. The Kier molecular flexibility index (Phi) is 5.00. The normalized spacial score (nSPS) is 14.3. The molecule has 1 aliphatic heterocycles. The van der Waals surface area contributed by atoms with Gasteiger partial charge in [0, 0.05) is 41.3 Å². The van der Waals surface area contributed by atoms with Crippen LogP contribution in [0.5, 0.6) is 0 Å². The number of hydrogen-bond donors (Lipinski definition) is 2. The Bertz CT molecular complexity index is 1280. The third kappa shape index (κ3) is 3.60. The van der Waals surface area contributed by atoms with Crippen molar-refractivity contribution in [1.29, 1.82) is 0 Å². The van der Waals surface area contributed by atoms with Gasteiger partial charge >= 0.3 is 5.97 Å². The highest BCUT2D eigenvalue weighted by Crippen LogP contribution is 2.43. The zero-order valence-corrected chi connectivity index (χ0v) is 18.2. The van der Waals surface area contributed by atoms with Crippen LogP contribution in [-0.2, 0) is 4.74 Å². The first-order valence-corrected chi connectivity index (χ1v) is 11.2. The molecule has 1 fully saturated rings. The zero-order chi connectivity index (χ0) is 21.5. The van der Waals surface area contributed by atoms with Gasteiger partial charge in [-0.25, -0.2) is 24.7 Å². The molecule has 5 heterocycles. The van der Waals surface area contributed by atoms with Gasteiger partial charge < -0.3 is 20.5 Å². The van der Waals surface area contributed by atoms with Gasteiger partial charge in [-0.05, 0) is 18.6 Å². The van der Waals surface area contributed by atoms with E-state index in [9.17, 15) is 9.90 Å². The molecular formula is C20H18N6O3S2. The summed E-state index contributed by atoms with van der Waals surface area (Å²) in [5.74, 6) is 0.638. The number of aromatic carboxylic acids is 1. The van der Waals surface area contributed by atoms with Crippen molar-refractivity contribution in [2.24, 2.45) is 0 Å². The zero-order valence-electron chi connectivity index (χ0n) is 16.5. The second-order valence-corrected chi connectivity index (χ2v) is 8.97. The number of nitrogen functional groups attached to an aromatic ring is 1. The van der Waals surface area contributed by atoms with Crippen LogP contribution in [0, 0.1) is 6.92 Å². The van der Waals surface area contributed by atoms with Gasteiger partial charge in [-0.1, -0.05) is 0 Å². The Balaban J connectivity index is 1.70. The summed E-state index contributed by atoms with van der Waals surface area (Å²) in [5, 5.41) is 11.2. The molecule has 4 aromatic heterocycles. The first-order chi connectivity index (χ1) is 15.0. The van der Waals surface area contributed by atoms with E-state index in [0.717, 1.165) is 45.1 Å². The summed E-state index contributed by atoms with van der Waals surface area (Å²) >= 11 is 2.80. The van der Waals surface area contributed by atoms with Crippen LogP contribution in [0.25, 0.3) is 32.0 Å². The first kappa shape index (κ1) is 19.8. The third-order valence-electron chi connectivity index (χ3n) is 5.06. The number of fused-ring (bicyclic) bond motifs is 1. The highest BCUT2D eigenvalue weighted by atomic mass is 32.1. The van der Waals surface area contributed by atoms with E-state index < -0.39 is 5.97 Å². The smallest absolute Gasteiger partial charge is 0.345 e. The van der Waals surface area contributed by atoms with Crippen molar-refractivity contribution < 1.29 is 14.6 Å². The minimum absolute atomic E-state index is 0.193. The molecular weight excluding hydrogens is 436 g/mol. The summed E-state index contributed by atoms with van der Waals surface area (Å²) in [7, 11) is 0. The number of aromatic nitrogens is 4. The van der Waals surface area contributed by atoms with Gasteiger partial charge in [0.15, 0.2) is 11.6 Å². The molecule has 31 heavy (non-hydrogen) atoms. The topological polar surface area (TPSA) is 127 Å². The molecule has 158 valence electrons. The van der Waals surface area contributed by atoms with E-state index in [1.165, 1.54) is 11.3 Å². The van der Waals surface area contributed by atoms with E-state index in [4.69, 9.17) is 20.4 Å². The van der Waals surface area contributed by atoms with Crippen molar-refractivity contribution in [3.8, 4) is 21.8 Å². The number of nitrogens with zero attached hydrogens (tertiary/aromatic N) is 5. The van der Waals surface area contributed by atoms with Gasteiger partial charge in [0.25, 0.3) is 0 Å². The number of hydrogen-bond acceptors (Lipinski definition) is 10. The molecule has 0 atom stereocenters. The lowest BCUT2D eigenvalue weighted by molar-refractivity contribution is 0.0702. The minimum Gasteiger partial charge on any atom is -0.477 e. The van der Waals surface area contributed by atoms with Gasteiger partial charge in [0.2, 0.25) is 5.95 Å². The quantitative estimate of drug-likeness (QED) is 0.477. The van der Waals surface area contributed by atoms with E-state index in [2.05, 4.69) is 14.9 Å². The van der Waals surface area contributed by atoms with E-state index >= 15 is 0 Å². The summed E-state index contributed by atoms with van der Waals surface area (Å²) in [6, 6.07) is 1.71. The predicted molar refractivity (Wildman–Crippen MR) is 121 cm³/mol. The average molecular weight is 455 g/mol. The van der Waals surface area contributed by atoms with Crippen LogP contribution >= 0.6 is 22.7 Å². The van der Waals surface area contributed by atoms with Gasteiger partial charge in [-0.2, -0.15) is 0 Å². The summed E-state index contributed by atoms with van der Waals surface area (Å²) in [6.45, 7) is 4.74. The lowest BCUT2D eigenvalue weighted by atomic mass is 10.1. The molecule has 9 nitrogen and oxygen atoms in total. The maximum absolute atomic E-state index is 11.3. The Labute approximate surface area is 185 Å². The number of rotatable bonds is 4. The van der Waals surface area contributed by atoms with E-state index in [0.29, 0.717) is 29.5 Å². The Morgan fingerprint density at radius 3 is 2.61 bits per heavy atom. The Morgan fingerprint density at radius 1 is 1.19 bits per heavy atom. The summed E-state index contributed by atoms with van der Waals surface area (Å²) in [6.07, 6.45) is 3.24. The van der Waals surface area contributed by atoms with Crippen molar-refractivity contribution in [1.82, 2.24) is 19.9 Å². The first-order valence-electron chi connectivity index (χ1n) is 9.55. The van der Waals surface area contributed by atoms with Crippen LogP contribution in [0.15, 0.2) is 23.8 Å². The molecule has 11 heteroatoms. The second-order valence-electron chi connectivity index (χ2n) is 7.04. The molecule has 0 radical (unpaired) electrons. The van der Waals surface area contributed by atoms with Gasteiger partial charge in [-0.3, -0.25) is 0 Å². The fourth-order valence-corrected chi connectivity index (χ4v) is 5.55. The molecule has 3 N–H and O–H groups in total. The molecule has 5 rings (SSSR count).